The van der Waals surface area contributed by atoms with Gasteiger partial charge in [-0.15, -0.1) is 0 Å². The Morgan fingerprint density at radius 3 is 2.59 bits per heavy atom. The Balaban J connectivity index is 2.45. The van der Waals surface area contributed by atoms with Crippen molar-refractivity contribution in [2.24, 2.45) is 11.7 Å². The van der Waals surface area contributed by atoms with Crippen LogP contribution in [-0.4, -0.2) is 43.2 Å². The Labute approximate surface area is 104 Å². The van der Waals surface area contributed by atoms with Gasteiger partial charge in [0, 0.05) is 32.2 Å². The fourth-order valence-electron chi connectivity index (χ4n) is 2.07. The molecule has 0 aromatic rings. The topological polar surface area (TPSA) is 55.6 Å². The van der Waals surface area contributed by atoms with Crippen molar-refractivity contribution in [3.05, 3.63) is 0 Å². The molecule has 0 heterocycles. The molecule has 2 atom stereocenters. The van der Waals surface area contributed by atoms with E-state index in [2.05, 4.69) is 6.92 Å². The summed E-state index contributed by atoms with van der Waals surface area (Å²) in [4.78, 5) is 14.1. The molecule has 100 valence electrons. The fourth-order valence-corrected chi connectivity index (χ4v) is 2.07. The molecule has 1 amide bonds. The lowest BCUT2D eigenvalue weighted by Crippen LogP contribution is -2.42. The molecule has 2 N–H and O–H groups in total. The summed E-state index contributed by atoms with van der Waals surface area (Å²) in [5, 5.41) is 0. The van der Waals surface area contributed by atoms with Crippen LogP contribution in [0.5, 0.6) is 0 Å². The smallest absolute Gasteiger partial charge is 0.222 e. The van der Waals surface area contributed by atoms with Gasteiger partial charge in [-0.1, -0.05) is 0 Å². The second-order valence-corrected chi connectivity index (χ2v) is 5.17. The SMILES string of the molecule is COCCN(C(=O)CCC(C)N)C(C)C1CC1. The highest BCUT2D eigenvalue weighted by Gasteiger charge is 2.33. The summed E-state index contributed by atoms with van der Waals surface area (Å²) >= 11 is 0. The van der Waals surface area contributed by atoms with E-state index in [1.165, 1.54) is 12.8 Å². The molecule has 0 spiro atoms. The third-order valence-electron chi connectivity index (χ3n) is 3.47. The van der Waals surface area contributed by atoms with Crippen molar-refractivity contribution in [3.63, 3.8) is 0 Å². The molecule has 4 nitrogen and oxygen atoms in total. The molecule has 17 heavy (non-hydrogen) atoms. The lowest BCUT2D eigenvalue weighted by Gasteiger charge is -2.29. The van der Waals surface area contributed by atoms with Crippen LogP contribution in [0.4, 0.5) is 0 Å². The van der Waals surface area contributed by atoms with Gasteiger partial charge in [-0.25, -0.2) is 0 Å². The number of amides is 1. The van der Waals surface area contributed by atoms with Gasteiger partial charge in [0.2, 0.25) is 5.91 Å². The van der Waals surface area contributed by atoms with Gasteiger partial charge >= 0.3 is 0 Å². The predicted molar refractivity (Wildman–Crippen MR) is 68.7 cm³/mol. The molecule has 0 bridgehead atoms. The summed E-state index contributed by atoms with van der Waals surface area (Å²) in [5.41, 5.74) is 5.69. The summed E-state index contributed by atoms with van der Waals surface area (Å²) in [6, 6.07) is 0.449. The Hall–Kier alpha value is -0.610. The van der Waals surface area contributed by atoms with Gasteiger partial charge in [-0.05, 0) is 39.0 Å². The number of nitrogens with zero attached hydrogens (tertiary/aromatic N) is 1. The van der Waals surface area contributed by atoms with Crippen molar-refractivity contribution in [2.75, 3.05) is 20.3 Å². The highest BCUT2D eigenvalue weighted by atomic mass is 16.5. The Bertz CT molecular complexity index is 240. The molecular formula is C13H26N2O2. The van der Waals surface area contributed by atoms with Gasteiger partial charge in [-0.3, -0.25) is 4.79 Å². The van der Waals surface area contributed by atoms with Crippen LogP contribution >= 0.6 is 0 Å². The van der Waals surface area contributed by atoms with E-state index in [0.717, 1.165) is 6.42 Å². The van der Waals surface area contributed by atoms with Crippen LogP contribution in [0.3, 0.4) is 0 Å². The van der Waals surface area contributed by atoms with E-state index in [0.29, 0.717) is 31.5 Å². The molecular weight excluding hydrogens is 216 g/mol. The Kier molecular flexibility index (Phi) is 5.92. The number of methoxy groups -OCH3 is 1. The minimum absolute atomic E-state index is 0.0967. The van der Waals surface area contributed by atoms with Gasteiger partial charge in [0.15, 0.2) is 0 Å². The van der Waals surface area contributed by atoms with Crippen LogP contribution in [0.1, 0.15) is 39.5 Å². The molecule has 1 saturated carbocycles. The first-order chi connectivity index (χ1) is 8.06. The van der Waals surface area contributed by atoms with Gasteiger partial charge in [0.1, 0.15) is 0 Å². The largest absolute Gasteiger partial charge is 0.383 e. The Morgan fingerprint density at radius 2 is 2.12 bits per heavy atom. The third-order valence-corrected chi connectivity index (χ3v) is 3.47. The molecule has 1 aliphatic rings. The van der Waals surface area contributed by atoms with Crippen LogP contribution in [-0.2, 0) is 9.53 Å². The zero-order valence-electron chi connectivity index (χ0n) is 11.3. The zero-order chi connectivity index (χ0) is 12.8. The number of rotatable bonds is 8. The maximum atomic E-state index is 12.1. The van der Waals surface area contributed by atoms with Gasteiger partial charge < -0.3 is 15.4 Å². The second kappa shape index (κ2) is 6.97. The van der Waals surface area contributed by atoms with Crippen molar-refractivity contribution in [2.45, 2.75) is 51.6 Å². The van der Waals surface area contributed by atoms with Crippen LogP contribution in [0.25, 0.3) is 0 Å². The van der Waals surface area contributed by atoms with Crippen molar-refractivity contribution >= 4 is 5.91 Å². The summed E-state index contributed by atoms with van der Waals surface area (Å²) in [6.07, 6.45) is 3.83. The van der Waals surface area contributed by atoms with E-state index in [1.54, 1.807) is 7.11 Å². The number of hydrogen-bond acceptors (Lipinski definition) is 3. The third kappa shape index (κ3) is 5.04. The molecule has 2 unspecified atom stereocenters. The molecule has 0 aromatic heterocycles. The van der Waals surface area contributed by atoms with E-state index in [9.17, 15) is 4.79 Å². The fraction of sp³-hybridized carbons (Fsp3) is 0.923. The molecule has 0 aromatic carbocycles. The summed E-state index contributed by atoms with van der Waals surface area (Å²) in [5.74, 6) is 0.921. The quantitative estimate of drug-likeness (QED) is 0.699. The van der Waals surface area contributed by atoms with Crippen molar-refractivity contribution in [1.82, 2.24) is 4.90 Å². The number of carbonyl (C=O) groups excluding carboxylic acids is 1. The number of nitrogens with two attached hydrogens (primary N) is 1. The lowest BCUT2D eigenvalue weighted by molar-refractivity contribution is -0.134. The number of carbonyl (C=O) groups is 1. The number of ether oxygens (including phenoxy) is 1. The summed E-state index contributed by atoms with van der Waals surface area (Å²) in [7, 11) is 1.67. The van der Waals surface area contributed by atoms with Crippen molar-refractivity contribution in [3.8, 4) is 0 Å². The molecule has 1 rings (SSSR count). The van der Waals surface area contributed by atoms with E-state index in [-0.39, 0.29) is 11.9 Å². The predicted octanol–water partition coefficient (Wildman–Crippen LogP) is 1.39. The van der Waals surface area contributed by atoms with E-state index in [4.69, 9.17) is 10.5 Å². The van der Waals surface area contributed by atoms with Gasteiger partial charge in [-0.2, -0.15) is 0 Å². The van der Waals surface area contributed by atoms with Crippen molar-refractivity contribution in [1.29, 1.82) is 0 Å². The zero-order valence-corrected chi connectivity index (χ0v) is 11.3. The molecule has 4 heteroatoms. The highest BCUT2D eigenvalue weighted by Crippen LogP contribution is 2.35. The minimum atomic E-state index is 0.0967. The van der Waals surface area contributed by atoms with Gasteiger partial charge in [0.25, 0.3) is 0 Å². The van der Waals surface area contributed by atoms with Gasteiger partial charge in [0.05, 0.1) is 6.61 Å². The molecule has 0 saturated heterocycles. The molecule has 1 aliphatic carbocycles. The Morgan fingerprint density at radius 1 is 1.47 bits per heavy atom. The summed E-state index contributed by atoms with van der Waals surface area (Å²) < 4.78 is 5.08. The minimum Gasteiger partial charge on any atom is -0.383 e. The van der Waals surface area contributed by atoms with Crippen LogP contribution < -0.4 is 5.73 Å². The monoisotopic (exact) mass is 242 g/mol. The van der Waals surface area contributed by atoms with E-state index in [1.807, 2.05) is 11.8 Å². The van der Waals surface area contributed by atoms with Crippen LogP contribution in [0.2, 0.25) is 0 Å². The standard InChI is InChI=1S/C13H26N2O2/c1-10(14)4-7-13(16)15(8-9-17-3)11(2)12-5-6-12/h10-12H,4-9,14H2,1-3H3. The maximum Gasteiger partial charge on any atom is 0.222 e. The van der Waals surface area contributed by atoms with Crippen molar-refractivity contribution < 1.29 is 9.53 Å². The normalized spacial score (nSPS) is 18.8. The second-order valence-electron chi connectivity index (χ2n) is 5.17. The van der Waals surface area contributed by atoms with Crippen LogP contribution in [0, 0.1) is 5.92 Å². The summed E-state index contributed by atoms with van der Waals surface area (Å²) in [6.45, 7) is 5.40. The van der Waals surface area contributed by atoms with E-state index < -0.39 is 0 Å². The highest BCUT2D eigenvalue weighted by molar-refractivity contribution is 5.76. The lowest BCUT2D eigenvalue weighted by atomic mass is 10.1. The average Bonchev–Trinajstić information content (AvgIpc) is 3.10. The average molecular weight is 242 g/mol. The molecule has 1 fully saturated rings. The first-order valence-electron chi connectivity index (χ1n) is 6.60. The first-order valence-corrected chi connectivity index (χ1v) is 6.60. The van der Waals surface area contributed by atoms with Crippen LogP contribution in [0.15, 0.2) is 0 Å². The molecule has 0 radical (unpaired) electrons. The van der Waals surface area contributed by atoms with E-state index >= 15 is 0 Å². The first kappa shape index (κ1) is 14.5. The number of hydrogen-bond donors (Lipinski definition) is 1. The maximum absolute atomic E-state index is 12.1. The molecule has 0 aliphatic heterocycles.